The number of aromatic nitrogens is 2. The molecule has 2 aromatic heterocycles. The molecule has 4 heterocycles. The lowest BCUT2D eigenvalue weighted by Crippen LogP contribution is -2.36. The molecule has 2 aliphatic rings. The number of aromatic amines is 1. The number of amides is 1. The molecule has 0 spiro atoms. The largest absolute Gasteiger partial charge is 0.360 e. The zero-order valence-corrected chi connectivity index (χ0v) is 19.3. The van der Waals surface area contributed by atoms with Gasteiger partial charge in [0.1, 0.15) is 0 Å². The SMILES string of the molecule is O=C(c1cncc2[nH]ccc12)N1CCC(=C2c3ccccc3CS(=O)(=O)c3ccccc32)CC1. The second kappa shape index (κ2) is 7.95. The molecule has 0 saturated carbocycles. The standard InChI is InChI=1S/C27H23N3O3S/c31-27(23-15-28-16-24-21(23)9-12-29-24)30-13-10-18(11-14-30)26-20-6-2-1-5-19(20)17-34(32,33)25-8-4-3-7-22(25)26/h1-9,12,15-16,29H,10-11,13-14,17H2. The van der Waals surface area contributed by atoms with Crippen LogP contribution < -0.4 is 0 Å². The molecular formula is C27H23N3O3S. The minimum Gasteiger partial charge on any atom is -0.360 e. The number of carbonyl (C=O) groups is 1. The molecule has 4 aromatic rings. The Kier molecular flexibility index (Phi) is 4.88. The van der Waals surface area contributed by atoms with E-state index in [1.807, 2.05) is 53.6 Å². The average molecular weight is 470 g/mol. The van der Waals surface area contributed by atoms with Gasteiger partial charge in [0.25, 0.3) is 5.91 Å². The Morgan fingerprint density at radius 3 is 2.47 bits per heavy atom. The molecule has 0 bridgehead atoms. The maximum atomic E-state index is 13.3. The maximum Gasteiger partial charge on any atom is 0.256 e. The number of sulfone groups is 1. The van der Waals surface area contributed by atoms with Gasteiger partial charge in [-0.15, -0.1) is 0 Å². The van der Waals surface area contributed by atoms with Crippen LogP contribution in [0.3, 0.4) is 0 Å². The van der Waals surface area contributed by atoms with Crippen molar-refractivity contribution < 1.29 is 13.2 Å². The molecule has 0 radical (unpaired) electrons. The maximum absolute atomic E-state index is 13.3. The van der Waals surface area contributed by atoms with Gasteiger partial charge in [-0.1, -0.05) is 48.0 Å². The first-order chi connectivity index (χ1) is 16.5. The van der Waals surface area contributed by atoms with Crippen LogP contribution in [0.4, 0.5) is 0 Å². The van der Waals surface area contributed by atoms with Crippen molar-refractivity contribution in [2.45, 2.75) is 23.5 Å². The van der Waals surface area contributed by atoms with Crippen LogP contribution in [0.1, 0.15) is 39.9 Å². The Morgan fingerprint density at radius 2 is 1.65 bits per heavy atom. The number of likely N-dealkylation sites (tertiary alicyclic amines) is 1. The van der Waals surface area contributed by atoms with Gasteiger partial charge in [-0.3, -0.25) is 9.78 Å². The fraction of sp³-hybridized carbons (Fsp3) is 0.185. The predicted molar refractivity (Wildman–Crippen MR) is 131 cm³/mol. The van der Waals surface area contributed by atoms with E-state index >= 15 is 0 Å². The highest BCUT2D eigenvalue weighted by atomic mass is 32.2. The number of nitrogens with zero attached hydrogens (tertiary/aromatic N) is 2. The van der Waals surface area contributed by atoms with Gasteiger partial charge >= 0.3 is 0 Å². The van der Waals surface area contributed by atoms with E-state index < -0.39 is 9.84 Å². The third kappa shape index (κ3) is 3.35. The van der Waals surface area contributed by atoms with Crippen molar-refractivity contribution in [1.82, 2.24) is 14.9 Å². The summed E-state index contributed by atoms with van der Waals surface area (Å²) in [4.78, 5) is 22.9. The summed E-state index contributed by atoms with van der Waals surface area (Å²) < 4.78 is 26.4. The smallest absolute Gasteiger partial charge is 0.256 e. The van der Waals surface area contributed by atoms with Gasteiger partial charge < -0.3 is 9.88 Å². The molecule has 7 heteroatoms. The highest BCUT2D eigenvalue weighted by molar-refractivity contribution is 7.90. The summed E-state index contributed by atoms with van der Waals surface area (Å²) in [6, 6.07) is 17.0. The fourth-order valence-electron chi connectivity index (χ4n) is 5.19. The van der Waals surface area contributed by atoms with Gasteiger partial charge in [0.2, 0.25) is 0 Å². The number of piperidine rings is 1. The van der Waals surface area contributed by atoms with E-state index in [1.165, 1.54) is 5.57 Å². The highest BCUT2D eigenvalue weighted by Crippen LogP contribution is 2.41. The van der Waals surface area contributed by atoms with Crippen LogP contribution >= 0.6 is 0 Å². The summed E-state index contributed by atoms with van der Waals surface area (Å²) in [5.41, 5.74) is 6.22. The highest BCUT2D eigenvalue weighted by Gasteiger charge is 2.31. The summed E-state index contributed by atoms with van der Waals surface area (Å²) in [7, 11) is -3.45. The Morgan fingerprint density at radius 1 is 0.912 bits per heavy atom. The van der Waals surface area contributed by atoms with E-state index in [4.69, 9.17) is 0 Å². The monoisotopic (exact) mass is 469 g/mol. The predicted octanol–water partition coefficient (Wildman–Crippen LogP) is 4.59. The lowest BCUT2D eigenvalue weighted by atomic mass is 9.86. The van der Waals surface area contributed by atoms with E-state index in [0.717, 1.165) is 33.2 Å². The number of hydrogen-bond acceptors (Lipinski definition) is 4. The lowest BCUT2D eigenvalue weighted by molar-refractivity contribution is 0.0745. The van der Waals surface area contributed by atoms with Gasteiger partial charge in [0.05, 0.1) is 27.9 Å². The Bertz CT molecular complexity index is 1570. The van der Waals surface area contributed by atoms with Crippen LogP contribution in [0.2, 0.25) is 0 Å². The van der Waals surface area contributed by atoms with Crippen LogP contribution in [0.5, 0.6) is 0 Å². The van der Waals surface area contributed by atoms with Crippen molar-refractivity contribution in [2.24, 2.45) is 0 Å². The van der Waals surface area contributed by atoms with Crippen LogP contribution in [-0.2, 0) is 15.6 Å². The van der Waals surface area contributed by atoms with E-state index in [1.54, 1.807) is 24.5 Å². The van der Waals surface area contributed by atoms with Crippen molar-refractivity contribution in [3.8, 4) is 0 Å². The number of pyridine rings is 1. The Hall–Kier alpha value is -3.71. The zero-order chi connectivity index (χ0) is 23.3. The second-order valence-corrected chi connectivity index (χ2v) is 10.8. The van der Waals surface area contributed by atoms with Crippen molar-refractivity contribution in [3.63, 3.8) is 0 Å². The number of hydrogen-bond donors (Lipinski definition) is 1. The molecule has 0 aliphatic carbocycles. The van der Waals surface area contributed by atoms with Crippen molar-refractivity contribution >= 4 is 32.2 Å². The topological polar surface area (TPSA) is 83.1 Å². The normalized spacial score (nSPS) is 17.2. The Balaban J connectivity index is 1.39. The van der Waals surface area contributed by atoms with Gasteiger partial charge in [0, 0.05) is 36.4 Å². The number of carbonyl (C=O) groups excluding carboxylic acids is 1. The molecule has 170 valence electrons. The molecule has 6 nitrogen and oxygen atoms in total. The summed E-state index contributed by atoms with van der Waals surface area (Å²) in [5, 5.41) is 0.876. The molecule has 0 atom stereocenters. The van der Waals surface area contributed by atoms with E-state index in [2.05, 4.69) is 9.97 Å². The number of nitrogens with one attached hydrogen (secondary N) is 1. The van der Waals surface area contributed by atoms with Crippen molar-refractivity contribution in [3.05, 3.63) is 101 Å². The van der Waals surface area contributed by atoms with E-state index in [-0.39, 0.29) is 11.7 Å². The average Bonchev–Trinajstić information content (AvgIpc) is 3.31. The summed E-state index contributed by atoms with van der Waals surface area (Å²) >= 11 is 0. The molecule has 1 saturated heterocycles. The second-order valence-electron chi connectivity index (χ2n) is 8.81. The third-order valence-electron chi connectivity index (χ3n) is 6.84. The first-order valence-electron chi connectivity index (χ1n) is 11.4. The van der Waals surface area contributed by atoms with E-state index in [9.17, 15) is 13.2 Å². The molecule has 0 unspecified atom stereocenters. The molecule has 1 fully saturated rings. The van der Waals surface area contributed by atoms with Gasteiger partial charge in [-0.05, 0) is 41.7 Å². The van der Waals surface area contributed by atoms with Crippen LogP contribution in [0.25, 0.3) is 16.5 Å². The first-order valence-corrected chi connectivity index (χ1v) is 13.0. The molecule has 34 heavy (non-hydrogen) atoms. The van der Waals surface area contributed by atoms with Gasteiger partial charge in [-0.25, -0.2) is 8.42 Å². The van der Waals surface area contributed by atoms with Crippen molar-refractivity contribution in [1.29, 1.82) is 0 Å². The van der Waals surface area contributed by atoms with Gasteiger partial charge in [0.15, 0.2) is 9.84 Å². The molecule has 1 amide bonds. The number of benzene rings is 2. The lowest BCUT2D eigenvalue weighted by Gasteiger charge is -2.30. The van der Waals surface area contributed by atoms with Crippen molar-refractivity contribution in [2.75, 3.05) is 13.1 Å². The summed E-state index contributed by atoms with van der Waals surface area (Å²) in [6.07, 6.45) is 6.56. The molecule has 2 aliphatic heterocycles. The third-order valence-corrected chi connectivity index (χ3v) is 8.56. The minimum atomic E-state index is -3.45. The summed E-state index contributed by atoms with van der Waals surface area (Å²) in [6.45, 7) is 1.16. The summed E-state index contributed by atoms with van der Waals surface area (Å²) in [5.74, 6) is -0.0269. The molecule has 6 rings (SSSR count). The van der Waals surface area contributed by atoms with Gasteiger partial charge in [-0.2, -0.15) is 0 Å². The molecule has 2 aromatic carbocycles. The number of rotatable bonds is 1. The van der Waals surface area contributed by atoms with Crippen LogP contribution in [0.15, 0.2) is 83.7 Å². The van der Waals surface area contributed by atoms with E-state index in [0.29, 0.717) is 36.4 Å². The Labute approximate surface area is 197 Å². The quantitative estimate of drug-likeness (QED) is 0.442. The number of H-pyrrole nitrogens is 1. The molecular weight excluding hydrogens is 446 g/mol. The first kappa shape index (κ1) is 20.9. The van der Waals surface area contributed by atoms with Crippen LogP contribution in [-0.4, -0.2) is 42.3 Å². The van der Waals surface area contributed by atoms with Crippen LogP contribution in [0, 0.1) is 0 Å². The fourth-order valence-corrected chi connectivity index (χ4v) is 6.80. The zero-order valence-electron chi connectivity index (χ0n) is 18.5. The number of fused-ring (bicyclic) bond motifs is 3. The minimum absolute atomic E-state index is 0.00471. The molecule has 1 N–H and O–H groups in total.